The van der Waals surface area contributed by atoms with E-state index in [-0.39, 0.29) is 6.73 Å². The van der Waals surface area contributed by atoms with Crippen molar-refractivity contribution in [2.45, 2.75) is 19.8 Å². The van der Waals surface area contributed by atoms with E-state index < -0.39 is 23.4 Å². The van der Waals surface area contributed by atoms with Crippen LogP contribution in [0.25, 0.3) is 10.9 Å². The smallest absolute Gasteiger partial charge is 0.348 e. The molecular formula is C17H14FN3O4. The standard InChI is InChI=1S/C17H14FN3O4/c1-11(25-13-8-6-12(18)7-9-13)17(23)24-10-21-16(22)14-4-2-3-5-15(14)19-20-21/h2-9,11H,10H2,1H3/t11-/m1/s1. The monoisotopic (exact) mass is 343 g/mol. The van der Waals surface area contributed by atoms with Gasteiger partial charge in [-0.1, -0.05) is 17.3 Å². The molecule has 0 saturated heterocycles. The number of fused-ring (bicyclic) bond motifs is 1. The van der Waals surface area contributed by atoms with Gasteiger partial charge < -0.3 is 9.47 Å². The fourth-order valence-electron chi connectivity index (χ4n) is 2.12. The Bertz CT molecular complexity index is 956. The van der Waals surface area contributed by atoms with Gasteiger partial charge in [-0.15, -0.1) is 5.10 Å². The number of ether oxygens (including phenoxy) is 2. The molecule has 1 heterocycles. The fourth-order valence-corrected chi connectivity index (χ4v) is 2.12. The van der Waals surface area contributed by atoms with Crippen LogP contribution in [-0.2, 0) is 16.3 Å². The number of benzene rings is 2. The van der Waals surface area contributed by atoms with E-state index in [2.05, 4.69) is 10.3 Å². The van der Waals surface area contributed by atoms with Crippen LogP contribution in [0.2, 0.25) is 0 Å². The predicted octanol–water partition coefficient (Wildman–Crippen LogP) is 1.90. The summed E-state index contributed by atoms with van der Waals surface area (Å²) in [6.45, 7) is 1.10. The molecule has 3 rings (SSSR count). The number of halogens is 1. The van der Waals surface area contributed by atoms with Gasteiger partial charge in [-0.3, -0.25) is 4.79 Å². The third-order valence-electron chi connectivity index (χ3n) is 3.42. The molecule has 0 bridgehead atoms. The van der Waals surface area contributed by atoms with Gasteiger partial charge in [-0.05, 0) is 43.3 Å². The first-order valence-electron chi connectivity index (χ1n) is 7.46. The molecule has 0 N–H and O–H groups in total. The lowest BCUT2D eigenvalue weighted by Crippen LogP contribution is -2.31. The lowest BCUT2D eigenvalue weighted by Gasteiger charge is -2.14. The molecule has 2 aromatic carbocycles. The van der Waals surface area contributed by atoms with E-state index in [9.17, 15) is 14.0 Å². The van der Waals surface area contributed by atoms with E-state index >= 15 is 0 Å². The van der Waals surface area contributed by atoms with Crippen LogP contribution in [-0.4, -0.2) is 27.1 Å². The SMILES string of the molecule is C[C@@H](Oc1ccc(F)cc1)C(=O)OCn1nnc2ccccc2c1=O. The maximum atomic E-state index is 12.8. The van der Waals surface area contributed by atoms with E-state index in [1.807, 2.05) is 0 Å². The van der Waals surface area contributed by atoms with Gasteiger partial charge in [-0.25, -0.2) is 9.18 Å². The molecule has 1 aromatic heterocycles. The molecule has 1 atom stereocenters. The maximum absolute atomic E-state index is 12.8. The number of rotatable bonds is 5. The fraction of sp³-hybridized carbons (Fsp3) is 0.176. The molecule has 0 amide bonds. The first kappa shape index (κ1) is 16.6. The van der Waals surface area contributed by atoms with E-state index in [4.69, 9.17) is 9.47 Å². The minimum Gasteiger partial charge on any atom is -0.479 e. The Balaban J connectivity index is 1.64. The van der Waals surface area contributed by atoms with Gasteiger partial charge in [0, 0.05) is 0 Å². The Morgan fingerprint density at radius 2 is 1.92 bits per heavy atom. The van der Waals surface area contributed by atoms with Gasteiger partial charge in [0.2, 0.25) is 0 Å². The molecule has 128 valence electrons. The quantitative estimate of drug-likeness (QED) is 0.658. The van der Waals surface area contributed by atoms with Gasteiger partial charge in [0.1, 0.15) is 17.1 Å². The van der Waals surface area contributed by atoms with Crippen molar-refractivity contribution in [3.63, 3.8) is 0 Å². The highest BCUT2D eigenvalue weighted by Gasteiger charge is 2.17. The van der Waals surface area contributed by atoms with Crippen molar-refractivity contribution in [2.24, 2.45) is 0 Å². The summed E-state index contributed by atoms with van der Waals surface area (Å²) in [4.78, 5) is 24.2. The van der Waals surface area contributed by atoms with Crippen molar-refractivity contribution >= 4 is 16.9 Å². The summed E-state index contributed by atoms with van der Waals surface area (Å²) in [5, 5.41) is 8.00. The van der Waals surface area contributed by atoms with Gasteiger partial charge in [0.05, 0.1) is 5.39 Å². The summed E-state index contributed by atoms with van der Waals surface area (Å²) in [5.41, 5.74) is 0.0496. The predicted molar refractivity (Wildman–Crippen MR) is 86.4 cm³/mol. The number of carbonyl (C=O) groups is 1. The summed E-state index contributed by atoms with van der Waals surface area (Å²) < 4.78 is 24.2. The van der Waals surface area contributed by atoms with Crippen LogP contribution in [0.1, 0.15) is 6.92 Å². The summed E-state index contributed by atoms with van der Waals surface area (Å²) in [6, 6.07) is 12.0. The highest BCUT2D eigenvalue weighted by molar-refractivity contribution is 5.76. The maximum Gasteiger partial charge on any atom is 0.348 e. The largest absolute Gasteiger partial charge is 0.479 e. The lowest BCUT2D eigenvalue weighted by atomic mass is 10.2. The van der Waals surface area contributed by atoms with Gasteiger partial charge in [-0.2, -0.15) is 4.68 Å². The van der Waals surface area contributed by atoms with Crippen LogP contribution >= 0.6 is 0 Å². The third kappa shape index (κ3) is 3.79. The Morgan fingerprint density at radius 3 is 2.68 bits per heavy atom. The molecule has 0 unspecified atom stereocenters. The number of esters is 1. The number of nitrogens with zero attached hydrogens (tertiary/aromatic N) is 3. The molecule has 0 saturated carbocycles. The van der Waals surface area contributed by atoms with Crippen molar-refractivity contribution < 1.29 is 18.7 Å². The minimum atomic E-state index is -0.936. The molecule has 3 aromatic rings. The normalized spacial score (nSPS) is 11.9. The minimum absolute atomic E-state index is 0.327. The summed E-state index contributed by atoms with van der Waals surface area (Å²) in [7, 11) is 0. The molecule has 25 heavy (non-hydrogen) atoms. The molecule has 0 aliphatic carbocycles. The zero-order valence-electron chi connectivity index (χ0n) is 13.3. The van der Waals surface area contributed by atoms with Crippen LogP contribution < -0.4 is 10.3 Å². The first-order chi connectivity index (χ1) is 12.0. The van der Waals surface area contributed by atoms with E-state index in [0.717, 1.165) is 4.68 Å². The van der Waals surface area contributed by atoms with Crippen molar-refractivity contribution in [1.29, 1.82) is 0 Å². The second-order valence-electron chi connectivity index (χ2n) is 5.22. The Kier molecular flexibility index (Phi) is 4.69. The number of aromatic nitrogens is 3. The average Bonchev–Trinajstić information content (AvgIpc) is 2.63. The highest BCUT2D eigenvalue weighted by atomic mass is 19.1. The van der Waals surface area contributed by atoms with Crippen molar-refractivity contribution in [3.8, 4) is 5.75 Å². The van der Waals surface area contributed by atoms with Gasteiger partial charge in [0.15, 0.2) is 12.8 Å². The summed E-state index contributed by atoms with van der Waals surface area (Å²) in [6.07, 6.45) is -0.936. The Labute approximate surface area is 141 Å². The Morgan fingerprint density at radius 1 is 1.20 bits per heavy atom. The molecule has 0 aliphatic rings. The number of hydrogen-bond acceptors (Lipinski definition) is 6. The molecule has 7 nitrogen and oxygen atoms in total. The van der Waals surface area contributed by atoms with Gasteiger partial charge in [0.25, 0.3) is 5.56 Å². The number of hydrogen-bond donors (Lipinski definition) is 0. The molecular weight excluding hydrogens is 329 g/mol. The van der Waals surface area contributed by atoms with Crippen LogP contribution in [0.15, 0.2) is 53.3 Å². The zero-order valence-corrected chi connectivity index (χ0v) is 13.3. The van der Waals surface area contributed by atoms with Crippen molar-refractivity contribution in [3.05, 3.63) is 64.7 Å². The summed E-state index contributed by atoms with van der Waals surface area (Å²) in [5.74, 6) is -0.767. The van der Waals surface area contributed by atoms with Crippen molar-refractivity contribution in [2.75, 3.05) is 0 Å². The lowest BCUT2D eigenvalue weighted by molar-refractivity contribution is -0.155. The van der Waals surface area contributed by atoms with E-state index in [1.54, 1.807) is 24.3 Å². The highest BCUT2D eigenvalue weighted by Crippen LogP contribution is 2.13. The number of carbonyl (C=O) groups excluding carboxylic acids is 1. The van der Waals surface area contributed by atoms with Crippen LogP contribution in [0.3, 0.4) is 0 Å². The zero-order chi connectivity index (χ0) is 17.8. The molecule has 8 heteroatoms. The second-order valence-corrected chi connectivity index (χ2v) is 5.22. The van der Waals surface area contributed by atoms with Crippen LogP contribution in [0.5, 0.6) is 5.75 Å². The Hall–Kier alpha value is -3.29. The molecule has 0 spiro atoms. The van der Waals surface area contributed by atoms with E-state index in [1.165, 1.54) is 31.2 Å². The average molecular weight is 343 g/mol. The van der Waals surface area contributed by atoms with Crippen molar-refractivity contribution in [1.82, 2.24) is 15.0 Å². The molecule has 0 radical (unpaired) electrons. The molecule has 0 aliphatic heterocycles. The van der Waals surface area contributed by atoms with Crippen LogP contribution in [0, 0.1) is 5.82 Å². The topological polar surface area (TPSA) is 83.3 Å². The second kappa shape index (κ2) is 7.08. The summed E-state index contributed by atoms with van der Waals surface area (Å²) >= 11 is 0. The van der Waals surface area contributed by atoms with Crippen LogP contribution in [0.4, 0.5) is 4.39 Å². The van der Waals surface area contributed by atoms with E-state index in [0.29, 0.717) is 16.7 Å². The van der Waals surface area contributed by atoms with Gasteiger partial charge >= 0.3 is 5.97 Å². The first-order valence-corrected chi connectivity index (χ1v) is 7.46. The third-order valence-corrected chi connectivity index (χ3v) is 3.42. The molecule has 0 fully saturated rings.